The van der Waals surface area contributed by atoms with Crippen molar-refractivity contribution < 1.29 is 26.4 Å². The molecule has 1 amide bonds. The minimum atomic E-state index is -4.62. The normalized spacial score (nSPS) is 23.8. The molecule has 0 aromatic heterocycles. The number of piperidine rings is 1. The molecule has 180 valence electrons. The predicted octanol–water partition coefficient (Wildman–Crippen LogP) is 2.82. The van der Waals surface area contributed by atoms with Gasteiger partial charge in [-0.15, -0.1) is 0 Å². The van der Waals surface area contributed by atoms with Gasteiger partial charge < -0.3 is 9.80 Å². The zero-order chi connectivity index (χ0) is 24.0. The maximum Gasteiger partial charge on any atom is 0.417 e. The summed E-state index contributed by atoms with van der Waals surface area (Å²) in [6.45, 7) is 2.45. The van der Waals surface area contributed by atoms with Crippen LogP contribution in [-0.4, -0.2) is 68.6 Å². The minimum absolute atomic E-state index is 0.140. The van der Waals surface area contributed by atoms with Gasteiger partial charge >= 0.3 is 6.18 Å². The summed E-state index contributed by atoms with van der Waals surface area (Å²) in [5, 5.41) is 9.01. The van der Waals surface area contributed by atoms with E-state index >= 15 is 0 Å². The Bertz CT molecular complexity index is 1070. The molecule has 0 radical (unpaired) electrons. The van der Waals surface area contributed by atoms with Crippen LogP contribution in [0.25, 0.3) is 0 Å². The first-order valence-electron chi connectivity index (χ1n) is 11.1. The zero-order valence-corrected chi connectivity index (χ0v) is 19.3. The van der Waals surface area contributed by atoms with Crippen LogP contribution in [-0.2, 0) is 21.0 Å². The maximum absolute atomic E-state index is 13.4. The fourth-order valence-electron chi connectivity index (χ4n) is 5.39. The number of nitriles is 1. The lowest BCUT2D eigenvalue weighted by atomic mass is 9.76. The van der Waals surface area contributed by atoms with Gasteiger partial charge in [0.2, 0.25) is 15.9 Å². The summed E-state index contributed by atoms with van der Waals surface area (Å²) in [6.07, 6.45) is -0.0773. The molecule has 1 atom stereocenters. The Labute approximate surface area is 191 Å². The molecule has 0 N–H and O–H groups in total. The summed E-state index contributed by atoms with van der Waals surface area (Å²) in [5.74, 6) is -0.140. The summed E-state index contributed by atoms with van der Waals surface area (Å²) >= 11 is 0. The number of hydrogen-bond acceptors (Lipinski definition) is 5. The molecule has 3 fully saturated rings. The smallest absolute Gasteiger partial charge is 0.371 e. The molecule has 4 rings (SSSR count). The largest absolute Gasteiger partial charge is 0.417 e. The van der Waals surface area contributed by atoms with Crippen LogP contribution in [0.3, 0.4) is 0 Å². The first-order chi connectivity index (χ1) is 15.4. The highest BCUT2D eigenvalue weighted by atomic mass is 32.2. The van der Waals surface area contributed by atoms with E-state index in [0.29, 0.717) is 51.1 Å². The zero-order valence-electron chi connectivity index (χ0n) is 18.4. The average Bonchev–Trinajstić information content (AvgIpc) is 3.41. The van der Waals surface area contributed by atoms with E-state index in [2.05, 4.69) is 0 Å². The van der Waals surface area contributed by atoms with Gasteiger partial charge in [0.25, 0.3) is 0 Å². The maximum atomic E-state index is 13.4. The number of sulfonamides is 1. The highest BCUT2D eigenvalue weighted by Gasteiger charge is 2.52. The molecule has 0 bridgehead atoms. The van der Waals surface area contributed by atoms with Gasteiger partial charge in [-0.05, 0) is 55.7 Å². The SMILES string of the molecule is CS(=O)(=O)N1CC2(CCN(c3ccc(C#N)c(C(F)(F)F)c3)CC2)CC1C(=O)N1CCCC1. The Hall–Kier alpha value is -2.32. The molecule has 3 saturated heterocycles. The van der Waals surface area contributed by atoms with Gasteiger partial charge in [0.1, 0.15) is 6.04 Å². The first-order valence-corrected chi connectivity index (χ1v) is 12.9. The summed E-state index contributed by atoms with van der Waals surface area (Å²) < 4.78 is 66.4. The number of benzene rings is 1. The van der Waals surface area contributed by atoms with E-state index in [4.69, 9.17) is 5.26 Å². The van der Waals surface area contributed by atoms with Crippen molar-refractivity contribution in [3.63, 3.8) is 0 Å². The predicted molar refractivity (Wildman–Crippen MR) is 116 cm³/mol. The Morgan fingerprint density at radius 3 is 2.33 bits per heavy atom. The molecule has 7 nitrogen and oxygen atoms in total. The molecular formula is C22H27F3N4O3S. The second-order valence-electron chi connectivity index (χ2n) is 9.39. The number of carbonyl (C=O) groups excluding carboxylic acids is 1. The topological polar surface area (TPSA) is 84.7 Å². The van der Waals surface area contributed by atoms with E-state index < -0.39 is 33.4 Å². The van der Waals surface area contributed by atoms with Crippen LogP contribution in [0.4, 0.5) is 18.9 Å². The Balaban J connectivity index is 1.52. The van der Waals surface area contributed by atoms with Crippen LogP contribution < -0.4 is 4.90 Å². The molecular weight excluding hydrogens is 457 g/mol. The molecule has 33 heavy (non-hydrogen) atoms. The van der Waals surface area contributed by atoms with Gasteiger partial charge in [-0.3, -0.25) is 4.79 Å². The van der Waals surface area contributed by atoms with E-state index in [1.807, 2.05) is 4.90 Å². The Kier molecular flexibility index (Phi) is 6.12. The van der Waals surface area contributed by atoms with Crippen molar-refractivity contribution in [1.82, 2.24) is 9.21 Å². The number of nitrogens with zero attached hydrogens (tertiary/aromatic N) is 4. The lowest BCUT2D eigenvalue weighted by molar-refractivity contribution is -0.137. The van der Waals surface area contributed by atoms with Gasteiger partial charge in [-0.25, -0.2) is 8.42 Å². The van der Waals surface area contributed by atoms with Crippen LogP contribution in [0.2, 0.25) is 0 Å². The molecule has 0 saturated carbocycles. The molecule has 0 aliphatic carbocycles. The first kappa shape index (κ1) is 23.8. The second kappa shape index (κ2) is 8.47. The van der Waals surface area contributed by atoms with E-state index in [9.17, 15) is 26.4 Å². The Morgan fingerprint density at radius 1 is 1.15 bits per heavy atom. The lowest BCUT2D eigenvalue weighted by Crippen LogP contribution is -2.46. The number of rotatable bonds is 3. The molecule has 1 aromatic carbocycles. The lowest BCUT2D eigenvalue weighted by Gasteiger charge is -2.40. The van der Waals surface area contributed by atoms with Gasteiger partial charge in [0.05, 0.1) is 23.5 Å². The van der Waals surface area contributed by atoms with Crippen molar-refractivity contribution in [2.75, 3.05) is 43.9 Å². The fraction of sp³-hybridized carbons (Fsp3) is 0.636. The standard InChI is InChI=1S/C22H27F3N4O3S/c1-33(31,32)29-15-21(13-19(29)20(30)28-8-2-3-9-28)6-10-27(11-7-21)17-5-4-16(14-26)18(12-17)22(23,24)25/h4-5,12,19H,2-3,6-11,13,15H2,1H3. The monoisotopic (exact) mass is 484 g/mol. The van der Waals surface area contributed by atoms with Crippen molar-refractivity contribution in [2.24, 2.45) is 5.41 Å². The van der Waals surface area contributed by atoms with Crippen molar-refractivity contribution in [3.8, 4) is 6.07 Å². The molecule has 1 spiro atoms. The van der Waals surface area contributed by atoms with Crippen molar-refractivity contribution in [2.45, 2.75) is 44.3 Å². The van der Waals surface area contributed by atoms with E-state index in [-0.39, 0.29) is 17.9 Å². The average molecular weight is 485 g/mol. The summed E-state index contributed by atoms with van der Waals surface area (Å²) in [4.78, 5) is 16.7. The van der Waals surface area contributed by atoms with Crippen LogP contribution >= 0.6 is 0 Å². The molecule has 3 aliphatic rings. The third kappa shape index (κ3) is 4.68. The summed E-state index contributed by atoms with van der Waals surface area (Å²) in [7, 11) is -3.58. The second-order valence-corrected chi connectivity index (χ2v) is 11.3. The number of anilines is 1. The molecule has 1 unspecified atom stereocenters. The number of carbonyl (C=O) groups is 1. The van der Waals surface area contributed by atoms with E-state index in [1.54, 1.807) is 11.0 Å². The van der Waals surface area contributed by atoms with Crippen molar-refractivity contribution >= 4 is 21.6 Å². The molecule has 11 heteroatoms. The molecule has 3 aliphatic heterocycles. The van der Waals surface area contributed by atoms with Crippen molar-refractivity contribution in [1.29, 1.82) is 5.26 Å². The van der Waals surface area contributed by atoms with Gasteiger partial charge in [0.15, 0.2) is 0 Å². The third-order valence-electron chi connectivity index (χ3n) is 7.21. The summed E-state index contributed by atoms with van der Waals surface area (Å²) in [5.41, 5.74) is -1.36. The number of halogens is 3. The minimum Gasteiger partial charge on any atom is -0.371 e. The number of likely N-dealkylation sites (tertiary alicyclic amines) is 1. The number of hydrogen-bond donors (Lipinski definition) is 0. The van der Waals surface area contributed by atoms with Crippen molar-refractivity contribution in [3.05, 3.63) is 29.3 Å². The highest BCUT2D eigenvalue weighted by Crippen LogP contribution is 2.46. The van der Waals surface area contributed by atoms with Crippen LogP contribution in [0.5, 0.6) is 0 Å². The highest BCUT2D eigenvalue weighted by molar-refractivity contribution is 7.88. The number of alkyl halides is 3. The van der Waals surface area contributed by atoms with Crippen LogP contribution in [0.1, 0.15) is 43.2 Å². The Morgan fingerprint density at radius 2 is 1.79 bits per heavy atom. The number of amides is 1. The van der Waals surface area contributed by atoms with E-state index in [1.165, 1.54) is 16.4 Å². The summed E-state index contributed by atoms with van der Waals surface area (Å²) in [6, 6.07) is 4.59. The molecule has 1 aromatic rings. The molecule has 3 heterocycles. The van der Waals surface area contributed by atoms with Gasteiger partial charge in [-0.1, -0.05) is 0 Å². The van der Waals surface area contributed by atoms with Crippen LogP contribution in [0.15, 0.2) is 18.2 Å². The fourth-order valence-corrected chi connectivity index (χ4v) is 6.52. The van der Waals surface area contributed by atoms with E-state index in [0.717, 1.165) is 25.2 Å². The van der Waals surface area contributed by atoms with Gasteiger partial charge in [0, 0.05) is 38.4 Å². The van der Waals surface area contributed by atoms with Crippen LogP contribution in [0, 0.1) is 16.7 Å². The third-order valence-corrected chi connectivity index (χ3v) is 8.45. The van der Waals surface area contributed by atoms with Gasteiger partial charge in [-0.2, -0.15) is 22.7 Å². The quantitative estimate of drug-likeness (QED) is 0.659.